The van der Waals surface area contributed by atoms with Gasteiger partial charge in [-0.1, -0.05) is 29.8 Å². The fourth-order valence-corrected chi connectivity index (χ4v) is 3.77. The summed E-state index contributed by atoms with van der Waals surface area (Å²) in [5, 5.41) is 2.83. The van der Waals surface area contributed by atoms with E-state index in [-0.39, 0.29) is 25.0 Å². The van der Waals surface area contributed by atoms with Crippen LogP contribution in [-0.2, 0) is 9.59 Å². The number of hydrogen-bond acceptors (Lipinski definition) is 5. The number of unbranched alkanes of at least 4 members (excludes halogenated alkanes) is 1. The van der Waals surface area contributed by atoms with E-state index in [9.17, 15) is 9.59 Å². The molecule has 182 valence electrons. The van der Waals surface area contributed by atoms with Crippen molar-refractivity contribution in [2.45, 2.75) is 26.7 Å². The summed E-state index contributed by atoms with van der Waals surface area (Å²) in [6.07, 6.45) is 1.58. The predicted molar refractivity (Wildman–Crippen MR) is 136 cm³/mol. The Morgan fingerprint density at radius 3 is 2.57 bits per heavy atom. The molecule has 0 bridgehead atoms. The van der Waals surface area contributed by atoms with Crippen molar-refractivity contribution in [1.82, 2.24) is 0 Å². The first kappa shape index (κ1) is 24.1. The Labute approximate surface area is 205 Å². The lowest BCUT2D eigenvalue weighted by Gasteiger charge is -2.30. The van der Waals surface area contributed by atoms with Crippen LogP contribution < -0.4 is 24.4 Å². The van der Waals surface area contributed by atoms with Crippen LogP contribution in [0.4, 0.5) is 11.4 Å². The van der Waals surface area contributed by atoms with Crippen molar-refractivity contribution in [2.75, 3.05) is 36.6 Å². The van der Waals surface area contributed by atoms with Gasteiger partial charge in [0, 0.05) is 12.2 Å². The van der Waals surface area contributed by atoms with Crippen LogP contribution in [0.25, 0.3) is 0 Å². The van der Waals surface area contributed by atoms with E-state index in [1.165, 1.54) is 0 Å². The number of amides is 2. The minimum atomic E-state index is -0.284. The zero-order chi connectivity index (χ0) is 24.6. The lowest BCUT2D eigenvalue weighted by atomic mass is 10.2. The fourth-order valence-electron chi connectivity index (χ4n) is 3.77. The van der Waals surface area contributed by atoms with Crippen LogP contribution >= 0.6 is 0 Å². The Morgan fingerprint density at radius 2 is 1.77 bits per heavy atom. The highest BCUT2D eigenvalue weighted by atomic mass is 16.5. The normalized spacial score (nSPS) is 12.5. The van der Waals surface area contributed by atoms with E-state index in [0.29, 0.717) is 36.0 Å². The van der Waals surface area contributed by atoms with Crippen LogP contribution in [0.15, 0.2) is 66.7 Å². The third-order valence-corrected chi connectivity index (χ3v) is 5.61. The van der Waals surface area contributed by atoms with Crippen LogP contribution in [0.1, 0.15) is 24.0 Å². The summed E-state index contributed by atoms with van der Waals surface area (Å²) in [5.41, 5.74) is 3.50. The maximum absolute atomic E-state index is 12.6. The van der Waals surface area contributed by atoms with Gasteiger partial charge < -0.3 is 24.4 Å². The molecule has 0 aromatic heterocycles. The van der Waals surface area contributed by atoms with E-state index in [1.54, 1.807) is 23.1 Å². The number of fused-ring (bicyclic) bond motifs is 1. The van der Waals surface area contributed by atoms with Gasteiger partial charge in [-0.3, -0.25) is 9.59 Å². The lowest BCUT2D eigenvalue weighted by Crippen LogP contribution is -2.39. The Kier molecular flexibility index (Phi) is 7.88. The van der Waals surface area contributed by atoms with Crippen molar-refractivity contribution in [2.24, 2.45) is 0 Å². The molecule has 3 aromatic rings. The molecule has 1 aliphatic rings. The number of carbonyl (C=O) groups excluding carboxylic acids is 2. The molecule has 0 saturated carbocycles. The highest BCUT2D eigenvalue weighted by molar-refractivity contribution is 5.99. The van der Waals surface area contributed by atoms with Crippen molar-refractivity contribution in [1.29, 1.82) is 0 Å². The average molecular weight is 475 g/mol. The van der Waals surface area contributed by atoms with E-state index in [1.807, 2.05) is 62.4 Å². The minimum Gasteiger partial charge on any atom is -0.494 e. The molecule has 1 heterocycles. The second-order valence-corrected chi connectivity index (χ2v) is 8.54. The van der Waals surface area contributed by atoms with E-state index in [4.69, 9.17) is 14.2 Å². The molecule has 35 heavy (non-hydrogen) atoms. The van der Waals surface area contributed by atoms with Gasteiger partial charge in [-0.05, 0) is 74.7 Å². The molecule has 0 fully saturated rings. The van der Waals surface area contributed by atoms with E-state index in [0.717, 1.165) is 29.7 Å². The first-order valence-corrected chi connectivity index (χ1v) is 11.7. The van der Waals surface area contributed by atoms with Gasteiger partial charge in [0.2, 0.25) is 0 Å². The molecule has 1 N–H and O–H groups in total. The first-order valence-electron chi connectivity index (χ1n) is 11.7. The summed E-state index contributed by atoms with van der Waals surface area (Å²) in [7, 11) is 0. The number of carbonyl (C=O) groups is 2. The molecule has 0 unspecified atom stereocenters. The Balaban J connectivity index is 1.30. The summed E-state index contributed by atoms with van der Waals surface area (Å²) in [6.45, 7) is 5.03. The van der Waals surface area contributed by atoms with Gasteiger partial charge in [0.1, 0.15) is 17.2 Å². The van der Waals surface area contributed by atoms with Crippen molar-refractivity contribution in [3.05, 3.63) is 77.9 Å². The molecule has 0 saturated heterocycles. The van der Waals surface area contributed by atoms with Gasteiger partial charge in [-0.2, -0.15) is 0 Å². The number of anilines is 2. The third kappa shape index (κ3) is 6.76. The summed E-state index contributed by atoms with van der Waals surface area (Å²) in [5.74, 6) is 1.71. The minimum absolute atomic E-state index is 0.00287. The molecule has 0 aliphatic carbocycles. The molecule has 2 amide bonds. The molecule has 3 aromatic carbocycles. The van der Waals surface area contributed by atoms with Gasteiger partial charge in [0.15, 0.2) is 13.2 Å². The summed E-state index contributed by atoms with van der Waals surface area (Å²) in [6, 6.07) is 20.7. The van der Waals surface area contributed by atoms with Gasteiger partial charge in [0.25, 0.3) is 11.8 Å². The zero-order valence-electron chi connectivity index (χ0n) is 20.1. The van der Waals surface area contributed by atoms with E-state index >= 15 is 0 Å². The van der Waals surface area contributed by atoms with Gasteiger partial charge in [0.05, 0.1) is 12.3 Å². The summed E-state index contributed by atoms with van der Waals surface area (Å²) >= 11 is 0. The van der Waals surface area contributed by atoms with Crippen LogP contribution in [0.2, 0.25) is 0 Å². The van der Waals surface area contributed by atoms with Crippen molar-refractivity contribution >= 4 is 23.2 Å². The predicted octanol–water partition coefficient (Wildman–Crippen LogP) is 4.91. The quantitative estimate of drug-likeness (QED) is 0.423. The monoisotopic (exact) mass is 474 g/mol. The van der Waals surface area contributed by atoms with Crippen molar-refractivity contribution < 1.29 is 23.8 Å². The van der Waals surface area contributed by atoms with Crippen LogP contribution in [-0.4, -0.2) is 38.2 Å². The highest BCUT2D eigenvalue weighted by Gasteiger charge is 2.25. The Hall–Kier alpha value is -4.00. The van der Waals surface area contributed by atoms with Gasteiger partial charge in [-0.15, -0.1) is 0 Å². The number of hydrogen-bond donors (Lipinski definition) is 1. The standard InChI is InChI=1S/C28H30N2O5/c1-20-8-11-23(12-9-20)34-18-27(31)29-22-10-13-26-25(17-22)30(28(32)19-35-26)14-3-4-15-33-24-7-5-6-21(2)16-24/h5-13,16-17H,3-4,14-15,18-19H2,1-2H3,(H,29,31). The van der Waals surface area contributed by atoms with Crippen molar-refractivity contribution in [3.63, 3.8) is 0 Å². The summed E-state index contributed by atoms with van der Waals surface area (Å²) in [4.78, 5) is 26.7. The number of nitrogens with one attached hydrogen (secondary N) is 1. The Bertz CT molecular complexity index is 1180. The van der Waals surface area contributed by atoms with Gasteiger partial charge >= 0.3 is 0 Å². The van der Waals surface area contributed by atoms with Crippen molar-refractivity contribution in [3.8, 4) is 17.2 Å². The SMILES string of the molecule is Cc1ccc(OCC(=O)Nc2ccc3c(c2)N(CCCCOc2cccc(C)c2)C(=O)CO3)cc1. The molecule has 0 radical (unpaired) electrons. The topological polar surface area (TPSA) is 77.1 Å². The third-order valence-electron chi connectivity index (χ3n) is 5.61. The number of ether oxygens (including phenoxy) is 3. The number of benzene rings is 3. The molecule has 1 aliphatic heterocycles. The smallest absolute Gasteiger partial charge is 0.265 e. The average Bonchev–Trinajstić information content (AvgIpc) is 2.85. The molecular formula is C28H30N2O5. The number of nitrogens with zero attached hydrogens (tertiary/aromatic N) is 1. The second kappa shape index (κ2) is 11.4. The first-order chi connectivity index (χ1) is 17.0. The maximum atomic E-state index is 12.6. The maximum Gasteiger partial charge on any atom is 0.265 e. The second-order valence-electron chi connectivity index (χ2n) is 8.54. The number of aryl methyl sites for hydroxylation is 2. The highest BCUT2D eigenvalue weighted by Crippen LogP contribution is 2.34. The molecule has 7 nitrogen and oxygen atoms in total. The molecule has 0 spiro atoms. The summed E-state index contributed by atoms with van der Waals surface area (Å²) < 4.78 is 16.9. The van der Waals surface area contributed by atoms with E-state index in [2.05, 4.69) is 5.32 Å². The van der Waals surface area contributed by atoms with Crippen LogP contribution in [0.3, 0.4) is 0 Å². The number of rotatable bonds is 10. The molecule has 7 heteroatoms. The molecule has 0 atom stereocenters. The van der Waals surface area contributed by atoms with Gasteiger partial charge in [-0.25, -0.2) is 0 Å². The lowest BCUT2D eigenvalue weighted by molar-refractivity contribution is -0.121. The molecular weight excluding hydrogens is 444 g/mol. The van der Waals surface area contributed by atoms with E-state index < -0.39 is 0 Å². The van der Waals surface area contributed by atoms with Crippen LogP contribution in [0.5, 0.6) is 17.2 Å². The fraction of sp³-hybridized carbons (Fsp3) is 0.286. The van der Waals surface area contributed by atoms with Crippen LogP contribution in [0, 0.1) is 13.8 Å². The largest absolute Gasteiger partial charge is 0.494 e. The zero-order valence-corrected chi connectivity index (χ0v) is 20.1. The Morgan fingerprint density at radius 1 is 0.943 bits per heavy atom. The molecule has 4 rings (SSSR count).